The normalized spacial score (nSPS) is 16.1. The van der Waals surface area contributed by atoms with Gasteiger partial charge in [0.2, 0.25) is 11.8 Å². The second kappa shape index (κ2) is 5.72. The van der Waals surface area contributed by atoms with Crippen molar-refractivity contribution >= 4 is 5.69 Å². The first-order chi connectivity index (χ1) is 8.29. The zero-order valence-electron chi connectivity index (χ0n) is 10.2. The first-order valence-electron chi connectivity index (χ1n) is 5.95. The van der Waals surface area contributed by atoms with Gasteiger partial charge >= 0.3 is 0 Å². The van der Waals surface area contributed by atoms with Gasteiger partial charge in [-0.05, 0) is 32.0 Å². The zero-order valence-corrected chi connectivity index (χ0v) is 10.2. The van der Waals surface area contributed by atoms with E-state index in [0.29, 0.717) is 24.1 Å². The maximum atomic E-state index is 5.68. The third kappa shape index (κ3) is 3.23. The molecule has 5 heteroatoms. The highest BCUT2D eigenvalue weighted by Crippen LogP contribution is 2.21. The molecule has 1 aliphatic heterocycles. The summed E-state index contributed by atoms with van der Waals surface area (Å²) in [5.74, 6) is 0.985. The minimum absolute atomic E-state index is 0.420. The zero-order chi connectivity index (χ0) is 12.1. The summed E-state index contributed by atoms with van der Waals surface area (Å²) in [5, 5.41) is 0. The molecular weight excluding hydrogens is 218 g/mol. The molecule has 0 aromatic carbocycles. The molecule has 1 aromatic rings. The molecular formula is C12H19N3O2. The standard InChI is InChI=1S/C12H19N3O2/c1-16-12-10(13)4-5-11(14-12)17-9-8-15-6-2-3-7-15/h4-5H,2-3,6-9,13H2,1H3. The molecule has 2 heterocycles. The molecule has 0 bridgehead atoms. The maximum Gasteiger partial charge on any atom is 0.240 e. The SMILES string of the molecule is COc1nc(OCCN2CCCC2)ccc1N. The molecule has 94 valence electrons. The molecule has 1 aromatic heterocycles. The van der Waals surface area contributed by atoms with Crippen molar-refractivity contribution in [3.63, 3.8) is 0 Å². The van der Waals surface area contributed by atoms with Gasteiger partial charge in [-0.15, -0.1) is 0 Å². The summed E-state index contributed by atoms with van der Waals surface area (Å²) >= 11 is 0. The van der Waals surface area contributed by atoms with E-state index < -0.39 is 0 Å². The molecule has 0 amide bonds. The number of methoxy groups -OCH3 is 1. The van der Waals surface area contributed by atoms with Crippen LogP contribution in [0.15, 0.2) is 12.1 Å². The van der Waals surface area contributed by atoms with Crippen LogP contribution in [0.25, 0.3) is 0 Å². The summed E-state index contributed by atoms with van der Waals surface area (Å²) in [6.07, 6.45) is 2.60. The Labute approximate surface area is 102 Å². The lowest BCUT2D eigenvalue weighted by Gasteiger charge is -2.14. The first kappa shape index (κ1) is 12.0. The van der Waals surface area contributed by atoms with Crippen LogP contribution < -0.4 is 15.2 Å². The fraction of sp³-hybridized carbons (Fsp3) is 0.583. The van der Waals surface area contributed by atoms with Crippen molar-refractivity contribution in [3.05, 3.63) is 12.1 Å². The van der Waals surface area contributed by atoms with Crippen LogP contribution in [0.4, 0.5) is 5.69 Å². The van der Waals surface area contributed by atoms with Crippen LogP contribution in [0.2, 0.25) is 0 Å². The Hall–Kier alpha value is -1.49. The van der Waals surface area contributed by atoms with Crippen LogP contribution in [-0.2, 0) is 0 Å². The van der Waals surface area contributed by atoms with Gasteiger partial charge in [0.15, 0.2) is 0 Å². The van der Waals surface area contributed by atoms with Crippen molar-refractivity contribution in [1.82, 2.24) is 9.88 Å². The number of aromatic nitrogens is 1. The number of nitrogens with zero attached hydrogens (tertiary/aromatic N) is 2. The highest BCUT2D eigenvalue weighted by atomic mass is 16.5. The monoisotopic (exact) mass is 237 g/mol. The van der Waals surface area contributed by atoms with E-state index in [9.17, 15) is 0 Å². The summed E-state index contributed by atoms with van der Waals surface area (Å²) in [7, 11) is 1.55. The number of rotatable bonds is 5. The van der Waals surface area contributed by atoms with Crippen LogP contribution in [0.1, 0.15) is 12.8 Å². The summed E-state index contributed by atoms with van der Waals surface area (Å²) in [5.41, 5.74) is 6.20. The van der Waals surface area contributed by atoms with Gasteiger partial charge < -0.3 is 15.2 Å². The van der Waals surface area contributed by atoms with Gasteiger partial charge in [0.25, 0.3) is 0 Å². The van der Waals surface area contributed by atoms with Gasteiger partial charge in [0, 0.05) is 12.6 Å². The number of ether oxygens (including phenoxy) is 2. The van der Waals surface area contributed by atoms with E-state index in [1.54, 1.807) is 19.2 Å². The van der Waals surface area contributed by atoms with Gasteiger partial charge in [0.1, 0.15) is 6.61 Å². The molecule has 17 heavy (non-hydrogen) atoms. The molecule has 0 unspecified atom stereocenters. The Balaban J connectivity index is 1.81. The lowest BCUT2D eigenvalue weighted by molar-refractivity contribution is 0.230. The van der Waals surface area contributed by atoms with Crippen molar-refractivity contribution in [2.45, 2.75) is 12.8 Å². The van der Waals surface area contributed by atoms with Crippen LogP contribution in [0.5, 0.6) is 11.8 Å². The number of nitrogen functional groups attached to an aromatic ring is 1. The van der Waals surface area contributed by atoms with Crippen molar-refractivity contribution in [3.8, 4) is 11.8 Å². The predicted octanol–water partition coefficient (Wildman–Crippen LogP) is 1.15. The van der Waals surface area contributed by atoms with E-state index in [1.165, 1.54) is 25.9 Å². The Morgan fingerprint density at radius 1 is 1.35 bits per heavy atom. The minimum Gasteiger partial charge on any atom is -0.479 e. The quantitative estimate of drug-likeness (QED) is 0.832. The van der Waals surface area contributed by atoms with Crippen LogP contribution in [0, 0.1) is 0 Å². The van der Waals surface area contributed by atoms with Crippen molar-refractivity contribution < 1.29 is 9.47 Å². The lowest BCUT2D eigenvalue weighted by atomic mass is 10.4. The van der Waals surface area contributed by atoms with E-state index in [0.717, 1.165) is 6.54 Å². The molecule has 0 radical (unpaired) electrons. The second-order valence-electron chi connectivity index (χ2n) is 4.15. The third-order valence-corrected chi connectivity index (χ3v) is 2.91. The van der Waals surface area contributed by atoms with Crippen molar-refractivity contribution in [1.29, 1.82) is 0 Å². The van der Waals surface area contributed by atoms with Crippen LogP contribution in [-0.4, -0.2) is 43.2 Å². The van der Waals surface area contributed by atoms with E-state index in [1.807, 2.05) is 0 Å². The summed E-state index contributed by atoms with van der Waals surface area (Å²) in [6.45, 7) is 3.97. The second-order valence-corrected chi connectivity index (χ2v) is 4.15. The molecule has 1 saturated heterocycles. The summed E-state index contributed by atoms with van der Waals surface area (Å²) in [4.78, 5) is 6.56. The Kier molecular flexibility index (Phi) is 4.03. The molecule has 0 atom stereocenters. The topological polar surface area (TPSA) is 60.6 Å². The van der Waals surface area contributed by atoms with Gasteiger partial charge in [-0.2, -0.15) is 4.98 Å². The maximum absolute atomic E-state index is 5.68. The van der Waals surface area contributed by atoms with E-state index in [4.69, 9.17) is 15.2 Å². The van der Waals surface area contributed by atoms with Gasteiger partial charge in [-0.1, -0.05) is 0 Å². The summed E-state index contributed by atoms with van der Waals surface area (Å²) in [6, 6.07) is 3.51. The minimum atomic E-state index is 0.420. The molecule has 0 aliphatic carbocycles. The highest BCUT2D eigenvalue weighted by molar-refractivity contribution is 5.49. The van der Waals surface area contributed by atoms with Crippen LogP contribution >= 0.6 is 0 Å². The lowest BCUT2D eigenvalue weighted by Crippen LogP contribution is -2.25. The smallest absolute Gasteiger partial charge is 0.240 e. The number of likely N-dealkylation sites (tertiary alicyclic amines) is 1. The molecule has 2 rings (SSSR count). The number of hydrogen-bond acceptors (Lipinski definition) is 5. The number of hydrogen-bond donors (Lipinski definition) is 1. The molecule has 0 saturated carbocycles. The third-order valence-electron chi connectivity index (χ3n) is 2.91. The van der Waals surface area contributed by atoms with Gasteiger partial charge in [-0.25, -0.2) is 0 Å². The first-order valence-corrected chi connectivity index (χ1v) is 5.95. The van der Waals surface area contributed by atoms with Crippen molar-refractivity contribution in [2.75, 3.05) is 39.1 Å². The number of pyridine rings is 1. The highest BCUT2D eigenvalue weighted by Gasteiger charge is 2.11. The molecule has 0 spiro atoms. The Morgan fingerprint density at radius 3 is 2.82 bits per heavy atom. The van der Waals surface area contributed by atoms with E-state index >= 15 is 0 Å². The fourth-order valence-electron chi connectivity index (χ4n) is 1.96. The van der Waals surface area contributed by atoms with Gasteiger partial charge in [0.05, 0.1) is 12.8 Å². The number of nitrogens with two attached hydrogens (primary N) is 1. The fourth-order valence-corrected chi connectivity index (χ4v) is 1.96. The summed E-state index contributed by atoms with van der Waals surface area (Å²) < 4.78 is 10.6. The van der Waals surface area contributed by atoms with E-state index in [2.05, 4.69) is 9.88 Å². The average Bonchev–Trinajstić information content (AvgIpc) is 2.84. The average molecular weight is 237 g/mol. The Bertz CT molecular complexity index is 365. The molecule has 1 fully saturated rings. The molecule has 1 aliphatic rings. The van der Waals surface area contributed by atoms with Crippen LogP contribution in [0.3, 0.4) is 0 Å². The number of anilines is 1. The predicted molar refractivity (Wildman–Crippen MR) is 66.4 cm³/mol. The van der Waals surface area contributed by atoms with E-state index in [-0.39, 0.29) is 0 Å². The van der Waals surface area contributed by atoms with Crippen molar-refractivity contribution in [2.24, 2.45) is 0 Å². The molecule has 2 N–H and O–H groups in total. The largest absolute Gasteiger partial charge is 0.479 e. The Morgan fingerprint density at radius 2 is 2.12 bits per heavy atom. The van der Waals surface area contributed by atoms with Gasteiger partial charge in [-0.3, -0.25) is 4.90 Å². The molecule has 5 nitrogen and oxygen atoms in total.